The Morgan fingerprint density at radius 1 is 0.591 bits per heavy atom. The highest BCUT2D eigenvalue weighted by molar-refractivity contribution is 6.48. The predicted molar refractivity (Wildman–Crippen MR) is 93.9 cm³/mol. The molecule has 0 aliphatic heterocycles. The Hall–Kier alpha value is -1.32. The minimum atomic E-state index is -0.781. The van der Waals surface area contributed by atoms with Crippen LogP contribution >= 0.6 is 46.4 Å². The summed E-state index contributed by atoms with van der Waals surface area (Å²) < 4.78 is 0. The van der Waals surface area contributed by atoms with Crippen molar-refractivity contribution in [2.24, 2.45) is 0 Å². The van der Waals surface area contributed by atoms with Crippen LogP contribution in [0.25, 0.3) is 32.3 Å². The first-order valence-corrected chi connectivity index (χ1v) is 7.74. The van der Waals surface area contributed by atoms with Crippen LogP contribution in [-0.2, 0) is 0 Å². The predicted octanol–water partition coefficient (Wildman–Crippen LogP) is 5.36. The van der Waals surface area contributed by atoms with E-state index < -0.39 is 10.9 Å². The van der Waals surface area contributed by atoms with E-state index >= 15 is 0 Å². The molecule has 0 aromatic heterocycles. The van der Waals surface area contributed by atoms with E-state index in [-0.39, 0.29) is 15.4 Å². The number of hydrogen-bond acceptors (Lipinski definition) is 2. The first kappa shape index (κ1) is 14.3. The minimum Gasteiger partial charge on any atom is -0.285 e. The first-order chi connectivity index (χ1) is 10.4. The average molecular weight is 370 g/mol. The molecule has 0 aliphatic carbocycles. The molecule has 0 radical (unpaired) electrons. The van der Waals surface area contributed by atoms with Gasteiger partial charge in [-0.2, -0.15) is 0 Å². The monoisotopic (exact) mass is 368 g/mol. The Morgan fingerprint density at radius 2 is 1.27 bits per heavy atom. The van der Waals surface area contributed by atoms with Crippen LogP contribution in [0.4, 0.5) is 0 Å². The molecule has 0 atom stereocenters. The van der Waals surface area contributed by atoms with Gasteiger partial charge in [-0.3, -0.25) is 9.59 Å². The highest BCUT2D eigenvalue weighted by Gasteiger charge is 2.21. The normalized spacial score (nSPS) is 12.0. The lowest BCUT2D eigenvalue weighted by Crippen LogP contribution is -2.24. The SMILES string of the molecule is O=c1c(Cl)c2cc(Cl)c3ccc(Cl)c4cc(Cl)c(c1=O)c2c34. The number of hydrogen-bond donors (Lipinski definition) is 0. The third-order valence-electron chi connectivity index (χ3n) is 3.87. The summed E-state index contributed by atoms with van der Waals surface area (Å²) in [7, 11) is 0. The van der Waals surface area contributed by atoms with Gasteiger partial charge < -0.3 is 0 Å². The van der Waals surface area contributed by atoms with Crippen LogP contribution in [0.2, 0.25) is 20.1 Å². The van der Waals surface area contributed by atoms with Gasteiger partial charge in [-0.1, -0.05) is 52.5 Å². The third-order valence-corrected chi connectivity index (χ3v) is 5.18. The molecule has 0 N–H and O–H groups in total. The maximum absolute atomic E-state index is 12.3. The van der Waals surface area contributed by atoms with E-state index in [0.717, 1.165) is 5.39 Å². The van der Waals surface area contributed by atoms with Crippen molar-refractivity contribution in [1.29, 1.82) is 0 Å². The molecule has 0 unspecified atom stereocenters. The molecule has 0 spiro atoms. The zero-order valence-corrected chi connectivity index (χ0v) is 13.7. The molecule has 0 fully saturated rings. The van der Waals surface area contributed by atoms with Gasteiger partial charge in [-0.05, 0) is 18.2 Å². The molecular weight excluding hydrogens is 366 g/mol. The van der Waals surface area contributed by atoms with E-state index in [2.05, 4.69) is 0 Å². The lowest BCUT2D eigenvalue weighted by molar-refractivity contribution is 1.56. The Bertz CT molecular complexity index is 1200. The highest BCUT2D eigenvalue weighted by atomic mass is 35.5. The molecule has 0 bridgehead atoms. The molecule has 0 amide bonds. The largest absolute Gasteiger partial charge is 0.285 e. The van der Waals surface area contributed by atoms with Crippen molar-refractivity contribution in [3.8, 4) is 0 Å². The van der Waals surface area contributed by atoms with Gasteiger partial charge in [0, 0.05) is 37.0 Å². The quantitative estimate of drug-likeness (QED) is 0.309. The van der Waals surface area contributed by atoms with Gasteiger partial charge in [0.1, 0.15) is 0 Å². The van der Waals surface area contributed by atoms with Crippen LogP contribution in [0.1, 0.15) is 0 Å². The Kier molecular flexibility index (Phi) is 2.98. The summed E-state index contributed by atoms with van der Waals surface area (Å²) in [5.41, 5.74) is -1.50. The summed E-state index contributed by atoms with van der Waals surface area (Å²) in [5.74, 6) is 0. The van der Waals surface area contributed by atoms with Gasteiger partial charge in [-0.25, -0.2) is 0 Å². The van der Waals surface area contributed by atoms with Crippen molar-refractivity contribution in [1.82, 2.24) is 0 Å². The van der Waals surface area contributed by atoms with Gasteiger partial charge >= 0.3 is 0 Å². The number of rotatable bonds is 0. The summed E-state index contributed by atoms with van der Waals surface area (Å²) in [6.07, 6.45) is 0. The molecular formula is C16H4Cl4O2. The van der Waals surface area contributed by atoms with Gasteiger partial charge in [0.05, 0.1) is 15.4 Å². The smallest absolute Gasteiger partial charge is 0.245 e. The maximum Gasteiger partial charge on any atom is 0.245 e. The molecule has 0 saturated heterocycles. The fourth-order valence-corrected chi connectivity index (χ4v) is 3.93. The standard InChI is InChI=1S/C16H4Cl4O2/c17-8-2-1-5-9(18)4-7-12-11(5)6(8)3-10(19)13(12)15(21)16(22)14(7)20/h1-4H. The molecule has 0 heterocycles. The molecule has 4 aromatic carbocycles. The molecule has 0 saturated carbocycles. The Balaban J connectivity index is 2.59. The lowest BCUT2D eigenvalue weighted by atomic mass is 9.94. The second kappa shape index (κ2) is 4.59. The van der Waals surface area contributed by atoms with E-state index in [9.17, 15) is 9.59 Å². The van der Waals surface area contributed by atoms with Gasteiger partial charge in [0.2, 0.25) is 10.9 Å². The molecule has 108 valence electrons. The van der Waals surface area contributed by atoms with Crippen molar-refractivity contribution in [2.45, 2.75) is 0 Å². The average Bonchev–Trinajstić information content (AvgIpc) is 2.49. The maximum atomic E-state index is 12.3. The summed E-state index contributed by atoms with van der Waals surface area (Å²) in [4.78, 5) is 24.3. The van der Waals surface area contributed by atoms with Crippen molar-refractivity contribution >= 4 is 78.7 Å². The van der Waals surface area contributed by atoms with Crippen LogP contribution in [0.15, 0.2) is 33.9 Å². The van der Waals surface area contributed by atoms with Crippen LogP contribution < -0.4 is 10.9 Å². The Labute approximate surface area is 143 Å². The summed E-state index contributed by atoms with van der Waals surface area (Å²) in [5, 5.41) is 4.11. The molecule has 22 heavy (non-hydrogen) atoms. The minimum absolute atomic E-state index is 0.148. The highest BCUT2D eigenvalue weighted by Crippen LogP contribution is 2.43. The van der Waals surface area contributed by atoms with E-state index in [0.29, 0.717) is 31.6 Å². The van der Waals surface area contributed by atoms with Crippen molar-refractivity contribution < 1.29 is 0 Å². The number of benzene rings is 4. The lowest BCUT2D eigenvalue weighted by Gasteiger charge is -2.14. The van der Waals surface area contributed by atoms with E-state index in [1.54, 1.807) is 24.3 Å². The molecule has 0 aliphatic rings. The van der Waals surface area contributed by atoms with Gasteiger partial charge in [-0.15, -0.1) is 0 Å². The second-order valence-corrected chi connectivity index (χ2v) is 6.60. The van der Waals surface area contributed by atoms with Gasteiger partial charge in [0.15, 0.2) is 0 Å². The van der Waals surface area contributed by atoms with Crippen LogP contribution in [-0.4, -0.2) is 0 Å². The fraction of sp³-hybridized carbons (Fsp3) is 0. The van der Waals surface area contributed by atoms with Crippen molar-refractivity contribution in [3.63, 3.8) is 0 Å². The molecule has 4 rings (SSSR count). The van der Waals surface area contributed by atoms with E-state index in [4.69, 9.17) is 46.4 Å². The van der Waals surface area contributed by atoms with Crippen LogP contribution in [0.3, 0.4) is 0 Å². The zero-order valence-electron chi connectivity index (χ0n) is 10.6. The van der Waals surface area contributed by atoms with Crippen molar-refractivity contribution in [3.05, 3.63) is 64.8 Å². The topological polar surface area (TPSA) is 34.1 Å². The molecule has 2 nitrogen and oxygen atoms in total. The van der Waals surface area contributed by atoms with Crippen molar-refractivity contribution in [2.75, 3.05) is 0 Å². The fourth-order valence-electron chi connectivity index (χ4n) is 2.92. The summed E-state index contributed by atoms with van der Waals surface area (Å²) >= 11 is 24.8. The van der Waals surface area contributed by atoms with Gasteiger partial charge in [0.25, 0.3) is 0 Å². The van der Waals surface area contributed by atoms with E-state index in [1.165, 1.54) is 0 Å². The Morgan fingerprint density at radius 3 is 2.00 bits per heavy atom. The second-order valence-electron chi connectivity index (χ2n) is 5.00. The van der Waals surface area contributed by atoms with Crippen LogP contribution in [0.5, 0.6) is 0 Å². The first-order valence-electron chi connectivity index (χ1n) is 6.23. The molecule has 6 heteroatoms. The zero-order chi connectivity index (χ0) is 15.8. The van der Waals surface area contributed by atoms with Crippen LogP contribution in [0, 0.1) is 0 Å². The summed E-state index contributed by atoms with van der Waals surface area (Å²) in [6, 6.07) is 6.64. The number of halogens is 4. The molecule has 4 aromatic rings. The third kappa shape index (κ3) is 1.64. The summed E-state index contributed by atoms with van der Waals surface area (Å²) in [6.45, 7) is 0. The van der Waals surface area contributed by atoms with E-state index in [1.807, 2.05) is 0 Å².